The Morgan fingerprint density at radius 3 is 2.87 bits per heavy atom. The molecule has 0 saturated carbocycles. The fourth-order valence-corrected chi connectivity index (χ4v) is 2.52. The number of rotatable bonds is 6. The zero-order valence-corrected chi connectivity index (χ0v) is 10.2. The summed E-state index contributed by atoms with van der Waals surface area (Å²) >= 11 is 1.75. The number of nitrogens with one attached hydrogen (secondary N) is 1. The molecule has 0 saturated heterocycles. The van der Waals surface area contributed by atoms with E-state index < -0.39 is 0 Å². The quantitative estimate of drug-likeness (QED) is 0.590. The van der Waals surface area contributed by atoms with Crippen molar-refractivity contribution in [2.24, 2.45) is 0 Å². The Bertz CT molecular complexity index is 302. The Morgan fingerprint density at radius 2 is 2.20 bits per heavy atom. The first kappa shape index (κ1) is 12.5. The van der Waals surface area contributed by atoms with Crippen LogP contribution in [0.25, 0.3) is 0 Å². The highest BCUT2D eigenvalue weighted by Gasteiger charge is 2.07. The lowest BCUT2D eigenvalue weighted by atomic mass is 10.2. The van der Waals surface area contributed by atoms with Crippen LogP contribution in [-0.4, -0.2) is 12.8 Å². The van der Waals surface area contributed by atoms with Crippen molar-refractivity contribution in [3.05, 3.63) is 29.6 Å². The average Bonchev–Trinajstić information content (AvgIpc) is 2.23. The SMILES string of the molecule is CCCCSc1cccc(F)c1CNC. The van der Waals surface area contributed by atoms with Gasteiger partial charge in [-0.05, 0) is 31.4 Å². The summed E-state index contributed by atoms with van der Waals surface area (Å²) in [4.78, 5) is 1.07. The molecule has 0 atom stereocenters. The van der Waals surface area contributed by atoms with Crippen LogP contribution in [0.4, 0.5) is 4.39 Å². The Kier molecular flexibility index (Phi) is 5.73. The van der Waals surface area contributed by atoms with Gasteiger partial charge in [-0.15, -0.1) is 11.8 Å². The minimum absolute atomic E-state index is 0.106. The van der Waals surface area contributed by atoms with Crippen LogP contribution in [0, 0.1) is 5.82 Å². The Balaban J connectivity index is 2.71. The molecule has 0 aliphatic carbocycles. The average molecular weight is 227 g/mol. The summed E-state index contributed by atoms with van der Waals surface area (Å²) in [6.45, 7) is 2.77. The number of halogens is 1. The highest BCUT2D eigenvalue weighted by Crippen LogP contribution is 2.25. The van der Waals surface area contributed by atoms with Crippen LogP contribution in [0.15, 0.2) is 23.1 Å². The molecule has 0 heterocycles. The molecule has 84 valence electrons. The zero-order valence-electron chi connectivity index (χ0n) is 9.35. The van der Waals surface area contributed by atoms with Crippen LogP contribution in [0.1, 0.15) is 25.3 Å². The van der Waals surface area contributed by atoms with E-state index in [0.717, 1.165) is 16.2 Å². The molecule has 0 radical (unpaired) electrons. The van der Waals surface area contributed by atoms with Crippen molar-refractivity contribution in [2.45, 2.75) is 31.2 Å². The van der Waals surface area contributed by atoms with E-state index in [1.807, 2.05) is 13.1 Å². The number of hydrogen-bond acceptors (Lipinski definition) is 2. The maximum absolute atomic E-state index is 13.5. The fraction of sp³-hybridized carbons (Fsp3) is 0.500. The van der Waals surface area contributed by atoms with Gasteiger partial charge in [0.05, 0.1) is 0 Å². The second kappa shape index (κ2) is 6.85. The largest absolute Gasteiger partial charge is 0.316 e. The molecule has 0 amide bonds. The summed E-state index contributed by atoms with van der Waals surface area (Å²) < 4.78 is 13.5. The molecule has 0 bridgehead atoms. The highest BCUT2D eigenvalue weighted by atomic mass is 32.2. The first-order valence-electron chi connectivity index (χ1n) is 5.34. The summed E-state index contributed by atoms with van der Waals surface area (Å²) in [7, 11) is 1.84. The molecular weight excluding hydrogens is 209 g/mol. The highest BCUT2D eigenvalue weighted by molar-refractivity contribution is 7.99. The predicted octanol–water partition coefficient (Wildman–Crippen LogP) is 3.44. The van der Waals surface area contributed by atoms with Crippen LogP contribution in [0.3, 0.4) is 0 Å². The Hall–Kier alpha value is -0.540. The normalized spacial score (nSPS) is 10.6. The van der Waals surface area contributed by atoms with E-state index >= 15 is 0 Å². The van der Waals surface area contributed by atoms with Crippen LogP contribution in [0.2, 0.25) is 0 Å². The van der Waals surface area contributed by atoms with Gasteiger partial charge in [0.2, 0.25) is 0 Å². The van der Waals surface area contributed by atoms with Crippen molar-refractivity contribution < 1.29 is 4.39 Å². The lowest BCUT2D eigenvalue weighted by molar-refractivity contribution is 0.593. The lowest BCUT2D eigenvalue weighted by Gasteiger charge is -2.09. The van der Waals surface area contributed by atoms with E-state index in [4.69, 9.17) is 0 Å². The lowest BCUT2D eigenvalue weighted by Crippen LogP contribution is -2.08. The molecule has 1 aromatic rings. The molecule has 0 fully saturated rings. The minimum atomic E-state index is -0.106. The van der Waals surface area contributed by atoms with Gasteiger partial charge in [0.25, 0.3) is 0 Å². The number of benzene rings is 1. The third-order valence-corrected chi connectivity index (χ3v) is 3.37. The monoisotopic (exact) mass is 227 g/mol. The molecule has 0 aromatic heterocycles. The van der Waals surface area contributed by atoms with E-state index in [2.05, 4.69) is 12.2 Å². The fourth-order valence-electron chi connectivity index (χ4n) is 1.35. The van der Waals surface area contributed by atoms with Gasteiger partial charge in [-0.1, -0.05) is 19.4 Å². The minimum Gasteiger partial charge on any atom is -0.316 e. The van der Waals surface area contributed by atoms with E-state index in [1.165, 1.54) is 18.9 Å². The third-order valence-electron chi connectivity index (χ3n) is 2.18. The second-order valence-corrected chi connectivity index (χ2v) is 4.59. The maximum Gasteiger partial charge on any atom is 0.128 e. The molecule has 3 heteroatoms. The van der Waals surface area contributed by atoms with Gasteiger partial charge in [0.1, 0.15) is 5.82 Å². The van der Waals surface area contributed by atoms with Gasteiger partial charge < -0.3 is 5.32 Å². The Labute approximate surface area is 95.5 Å². The topological polar surface area (TPSA) is 12.0 Å². The molecule has 0 aliphatic heterocycles. The van der Waals surface area contributed by atoms with Gasteiger partial charge >= 0.3 is 0 Å². The van der Waals surface area contributed by atoms with Gasteiger partial charge in [-0.25, -0.2) is 4.39 Å². The van der Waals surface area contributed by atoms with Crippen LogP contribution < -0.4 is 5.32 Å². The molecule has 0 spiro atoms. The van der Waals surface area contributed by atoms with E-state index in [0.29, 0.717) is 6.54 Å². The van der Waals surface area contributed by atoms with Crippen molar-refractivity contribution >= 4 is 11.8 Å². The van der Waals surface area contributed by atoms with Gasteiger partial charge in [0, 0.05) is 17.0 Å². The van der Waals surface area contributed by atoms with Crippen molar-refractivity contribution in [1.82, 2.24) is 5.32 Å². The van der Waals surface area contributed by atoms with Gasteiger partial charge in [-0.2, -0.15) is 0 Å². The zero-order chi connectivity index (χ0) is 11.1. The first-order chi connectivity index (χ1) is 7.29. The third kappa shape index (κ3) is 3.84. The predicted molar refractivity (Wildman–Crippen MR) is 64.8 cm³/mol. The van der Waals surface area contributed by atoms with Crippen molar-refractivity contribution in [3.8, 4) is 0 Å². The van der Waals surface area contributed by atoms with Crippen molar-refractivity contribution in [3.63, 3.8) is 0 Å². The molecule has 1 nitrogen and oxygen atoms in total. The van der Waals surface area contributed by atoms with Crippen molar-refractivity contribution in [2.75, 3.05) is 12.8 Å². The number of thioether (sulfide) groups is 1. The summed E-state index contributed by atoms with van der Waals surface area (Å²) in [5.74, 6) is 0.960. The summed E-state index contributed by atoms with van der Waals surface area (Å²) in [5.41, 5.74) is 0.793. The summed E-state index contributed by atoms with van der Waals surface area (Å²) in [6.07, 6.45) is 2.36. The van der Waals surface area contributed by atoms with E-state index in [-0.39, 0.29) is 5.82 Å². The molecule has 1 N–H and O–H groups in total. The number of hydrogen-bond donors (Lipinski definition) is 1. The molecular formula is C12H18FNS. The molecule has 1 rings (SSSR count). The molecule has 0 aliphatic rings. The van der Waals surface area contributed by atoms with Crippen molar-refractivity contribution in [1.29, 1.82) is 0 Å². The molecule has 0 unspecified atom stereocenters. The van der Waals surface area contributed by atoms with Gasteiger partial charge in [0.15, 0.2) is 0 Å². The Morgan fingerprint density at radius 1 is 1.40 bits per heavy atom. The van der Waals surface area contributed by atoms with Crippen LogP contribution in [-0.2, 0) is 6.54 Å². The molecule has 1 aromatic carbocycles. The number of unbranched alkanes of at least 4 members (excludes halogenated alkanes) is 1. The van der Waals surface area contributed by atoms with Crippen LogP contribution in [0.5, 0.6) is 0 Å². The smallest absolute Gasteiger partial charge is 0.128 e. The second-order valence-electron chi connectivity index (χ2n) is 3.45. The van der Waals surface area contributed by atoms with E-state index in [9.17, 15) is 4.39 Å². The molecule has 15 heavy (non-hydrogen) atoms. The van der Waals surface area contributed by atoms with E-state index in [1.54, 1.807) is 17.8 Å². The summed E-state index contributed by atoms with van der Waals surface area (Å²) in [6, 6.07) is 5.30. The summed E-state index contributed by atoms with van der Waals surface area (Å²) in [5, 5.41) is 3.00. The van der Waals surface area contributed by atoms with Crippen LogP contribution >= 0.6 is 11.8 Å². The maximum atomic E-state index is 13.5. The standard InChI is InChI=1S/C12H18FNS/c1-3-4-8-15-12-7-5-6-11(13)10(12)9-14-2/h5-7,14H,3-4,8-9H2,1-2H3. The van der Waals surface area contributed by atoms with Gasteiger partial charge in [-0.3, -0.25) is 0 Å². The first-order valence-corrected chi connectivity index (χ1v) is 6.33.